The van der Waals surface area contributed by atoms with Crippen LogP contribution in [0.3, 0.4) is 0 Å². The first kappa shape index (κ1) is 21.0. The quantitative estimate of drug-likeness (QED) is 0.458. The highest BCUT2D eigenvalue weighted by Gasteiger charge is 2.15. The molecule has 0 atom stereocenters. The van der Waals surface area contributed by atoms with E-state index in [1.54, 1.807) is 13.3 Å². The number of aliphatic imine (C=N–C) groups is 1. The molecule has 0 aliphatic carbocycles. The fourth-order valence-corrected chi connectivity index (χ4v) is 3.77. The molecule has 1 aliphatic rings. The molecule has 0 radical (unpaired) electrons. The maximum atomic E-state index is 5.60. The van der Waals surface area contributed by atoms with Crippen LogP contribution in [0.2, 0.25) is 0 Å². The van der Waals surface area contributed by atoms with Gasteiger partial charge in [0, 0.05) is 37.9 Å². The lowest BCUT2D eigenvalue weighted by molar-refractivity contribution is 0.438. The van der Waals surface area contributed by atoms with Gasteiger partial charge in [-0.25, -0.2) is 4.98 Å². The van der Waals surface area contributed by atoms with E-state index in [-0.39, 0.29) is 0 Å². The normalized spacial score (nSPS) is 15.2. The lowest BCUT2D eigenvalue weighted by Crippen LogP contribution is -2.36. The topological polar surface area (TPSA) is 65.7 Å². The number of anilines is 1. The van der Waals surface area contributed by atoms with Gasteiger partial charge in [-0.2, -0.15) is 0 Å². The fraction of sp³-hybridized carbons (Fsp3) is 0.360. The van der Waals surface area contributed by atoms with E-state index >= 15 is 0 Å². The van der Waals surface area contributed by atoms with E-state index in [0.29, 0.717) is 19.0 Å². The van der Waals surface area contributed by atoms with Crippen LogP contribution in [0.15, 0.2) is 70.3 Å². The predicted molar refractivity (Wildman–Crippen MR) is 126 cm³/mol. The molecule has 0 bridgehead atoms. The lowest BCUT2D eigenvalue weighted by atomic mass is 9.99. The van der Waals surface area contributed by atoms with Crippen LogP contribution in [0.4, 0.5) is 5.69 Å². The first-order chi connectivity index (χ1) is 15.2. The van der Waals surface area contributed by atoms with Gasteiger partial charge in [-0.1, -0.05) is 37.3 Å². The summed E-state index contributed by atoms with van der Waals surface area (Å²) in [4.78, 5) is 11.3. The van der Waals surface area contributed by atoms with Crippen LogP contribution in [0, 0.1) is 5.92 Å². The second kappa shape index (κ2) is 10.2. The van der Waals surface area contributed by atoms with Crippen LogP contribution in [-0.2, 0) is 13.1 Å². The zero-order chi connectivity index (χ0) is 21.5. The molecule has 1 aliphatic heterocycles. The zero-order valence-corrected chi connectivity index (χ0v) is 18.3. The summed E-state index contributed by atoms with van der Waals surface area (Å²) >= 11 is 0. The van der Waals surface area contributed by atoms with E-state index < -0.39 is 0 Å². The molecule has 1 saturated heterocycles. The highest BCUT2D eigenvalue weighted by molar-refractivity contribution is 5.79. The Morgan fingerprint density at radius 1 is 1.03 bits per heavy atom. The van der Waals surface area contributed by atoms with Crippen LogP contribution in [-0.4, -0.2) is 31.1 Å². The van der Waals surface area contributed by atoms with Crippen molar-refractivity contribution in [2.75, 3.05) is 25.0 Å². The Hall–Kier alpha value is -3.28. The summed E-state index contributed by atoms with van der Waals surface area (Å²) in [7, 11) is 1.77. The summed E-state index contributed by atoms with van der Waals surface area (Å²) in [5.41, 5.74) is 4.35. The van der Waals surface area contributed by atoms with Crippen molar-refractivity contribution in [3.8, 4) is 11.5 Å². The first-order valence-corrected chi connectivity index (χ1v) is 11.0. The number of hydrogen-bond donors (Lipinski definition) is 2. The average Bonchev–Trinajstić information content (AvgIpc) is 3.30. The summed E-state index contributed by atoms with van der Waals surface area (Å²) in [6.45, 7) is 5.91. The molecule has 0 amide bonds. The third-order valence-electron chi connectivity index (χ3n) is 5.78. The molecule has 2 aromatic carbocycles. The van der Waals surface area contributed by atoms with Gasteiger partial charge in [0.15, 0.2) is 5.96 Å². The van der Waals surface area contributed by atoms with E-state index in [4.69, 9.17) is 4.42 Å². The minimum Gasteiger partial charge on any atom is -0.444 e. The molecule has 2 heterocycles. The Labute approximate surface area is 184 Å². The van der Waals surface area contributed by atoms with Gasteiger partial charge in [-0.15, -0.1) is 0 Å². The van der Waals surface area contributed by atoms with Gasteiger partial charge in [-0.05, 0) is 48.6 Å². The molecule has 0 saturated carbocycles. The standard InChI is InChI=1S/C25H31N5O/c1-19-12-14-30(15-13-19)23-10-8-20(9-11-23)16-27-25(26-2)28-17-22-18-31-24(29-22)21-6-4-3-5-7-21/h3-11,18-19H,12-17H2,1-2H3,(H2,26,27,28). The number of guanidine groups is 1. The van der Waals surface area contributed by atoms with Gasteiger partial charge in [-0.3, -0.25) is 4.99 Å². The van der Waals surface area contributed by atoms with Gasteiger partial charge in [0.05, 0.1) is 12.2 Å². The molecule has 6 heteroatoms. The van der Waals surface area contributed by atoms with Crippen molar-refractivity contribution in [2.24, 2.45) is 10.9 Å². The SMILES string of the molecule is CN=C(NCc1ccc(N2CCC(C)CC2)cc1)NCc1coc(-c2ccccc2)n1. The second-order valence-electron chi connectivity index (χ2n) is 8.13. The number of hydrogen-bond acceptors (Lipinski definition) is 4. The summed E-state index contributed by atoms with van der Waals surface area (Å²) < 4.78 is 5.60. The van der Waals surface area contributed by atoms with Gasteiger partial charge in [0.2, 0.25) is 5.89 Å². The number of aromatic nitrogens is 1. The molecule has 6 nitrogen and oxygen atoms in total. The minimum absolute atomic E-state index is 0.544. The molecule has 0 spiro atoms. The molecule has 1 fully saturated rings. The average molecular weight is 418 g/mol. The van der Waals surface area contributed by atoms with E-state index in [2.05, 4.69) is 56.7 Å². The highest BCUT2D eigenvalue weighted by atomic mass is 16.3. The van der Waals surface area contributed by atoms with E-state index in [1.165, 1.54) is 24.1 Å². The number of benzene rings is 2. The molecule has 3 aromatic rings. The van der Waals surface area contributed by atoms with Crippen molar-refractivity contribution in [2.45, 2.75) is 32.9 Å². The van der Waals surface area contributed by atoms with Crippen LogP contribution in [0.25, 0.3) is 11.5 Å². The Kier molecular flexibility index (Phi) is 6.87. The third-order valence-corrected chi connectivity index (χ3v) is 5.78. The minimum atomic E-state index is 0.544. The number of oxazole rings is 1. The lowest BCUT2D eigenvalue weighted by Gasteiger charge is -2.32. The van der Waals surface area contributed by atoms with Crippen LogP contribution >= 0.6 is 0 Å². The largest absolute Gasteiger partial charge is 0.444 e. The molecule has 0 unspecified atom stereocenters. The molecule has 31 heavy (non-hydrogen) atoms. The molecule has 162 valence electrons. The van der Waals surface area contributed by atoms with Gasteiger partial charge in [0.25, 0.3) is 0 Å². The summed E-state index contributed by atoms with van der Waals surface area (Å²) in [5, 5.41) is 6.66. The third kappa shape index (κ3) is 5.66. The maximum absolute atomic E-state index is 5.60. The Balaban J connectivity index is 1.26. The van der Waals surface area contributed by atoms with Crippen molar-refractivity contribution in [3.63, 3.8) is 0 Å². The predicted octanol–water partition coefficient (Wildman–Crippen LogP) is 4.44. The zero-order valence-electron chi connectivity index (χ0n) is 18.3. The molecular weight excluding hydrogens is 386 g/mol. The number of rotatable bonds is 6. The Morgan fingerprint density at radius 2 is 1.74 bits per heavy atom. The summed E-state index contributed by atoms with van der Waals surface area (Å²) in [6, 6.07) is 18.7. The van der Waals surface area contributed by atoms with Gasteiger partial charge >= 0.3 is 0 Å². The molecular formula is C25H31N5O. The van der Waals surface area contributed by atoms with Crippen LogP contribution in [0.5, 0.6) is 0 Å². The van der Waals surface area contributed by atoms with Gasteiger partial charge < -0.3 is 20.0 Å². The van der Waals surface area contributed by atoms with Gasteiger partial charge in [0.1, 0.15) is 6.26 Å². The molecule has 1 aromatic heterocycles. The number of piperidine rings is 1. The van der Waals surface area contributed by atoms with Crippen molar-refractivity contribution >= 4 is 11.6 Å². The highest BCUT2D eigenvalue weighted by Crippen LogP contribution is 2.23. The van der Waals surface area contributed by atoms with Crippen molar-refractivity contribution < 1.29 is 4.42 Å². The monoisotopic (exact) mass is 417 g/mol. The van der Waals surface area contributed by atoms with Crippen molar-refractivity contribution in [3.05, 3.63) is 72.1 Å². The van der Waals surface area contributed by atoms with Crippen LogP contribution in [0.1, 0.15) is 31.0 Å². The number of nitrogens with one attached hydrogen (secondary N) is 2. The number of nitrogens with zero attached hydrogens (tertiary/aromatic N) is 3. The van der Waals surface area contributed by atoms with Crippen molar-refractivity contribution in [1.29, 1.82) is 0 Å². The summed E-state index contributed by atoms with van der Waals surface area (Å²) in [6.07, 6.45) is 4.25. The first-order valence-electron chi connectivity index (χ1n) is 11.0. The van der Waals surface area contributed by atoms with Crippen molar-refractivity contribution in [1.82, 2.24) is 15.6 Å². The fourth-order valence-electron chi connectivity index (χ4n) is 3.77. The second-order valence-corrected chi connectivity index (χ2v) is 8.13. The molecule has 2 N–H and O–H groups in total. The van der Waals surface area contributed by atoms with E-state index in [9.17, 15) is 0 Å². The Bertz CT molecular complexity index is 973. The van der Waals surface area contributed by atoms with E-state index in [0.717, 1.165) is 36.2 Å². The smallest absolute Gasteiger partial charge is 0.226 e. The summed E-state index contributed by atoms with van der Waals surface area (Å²) in [5.74, 6) is 2.21. The molecule has 4 rings (SSSR count). The maximum Gasteiger partial charge on any atom is 0.226 e. The Morgan fingerprint density at radius 3 is 2.45 bits per heavy atom. The van der Waals surface area contributed by atoms with Crippen LogP contribution < -0.4 is 15.5 Å². The van der Waals surface area contributed by atoms with E-state index in [1.807, 2.05) is 30.3 Å².